The number of fused-ring (bicyclic) bond motifs is 2. The fourth-order valence-electron chi connectivity index (χ4n) is 5.58. The second-order valence-electron chi connectivity index (χ2n) is 10.4. The molecule has 2 atom stereocenters. The highest BCUT2D eigenvalue weighted by atomic mass is 16.5. The van der Waals surface area contributed by atoms with Crippen LogP contribution in [0.2, 0.25) is 0 Å². The van der Waals surface area contributed by atoms with Crippen LogP contribution in [0.1, 0.15) is 35.2 Å². The summed E-state index contributed by atoms with van der Waals surface area (Å²) in [5, 5.41) is 22.8. The number of amides is 2. The highest BCUT2D eigenvalue weighted by molar-refractivity contribution is 5.97. The lowest BCUT2D eigenvalue weighted by Gasteiger charge is -2.45. The molecule has 2 amide bonds. The summed E-state index contributed by atoms with van der Waals surface area (Å²) < 4.78 is 5.79. The number of aromatic nitrogens is 1. The Labute approximate surface area is 216 Å². The van der Waals surface area contributed by atoms with Crippen molar-refractivity contribution in [2.24, 2.45) is 5.41 Å². The van der Waals surface area contributed by atoms with E-state index < -0.39 is 17.6 Å². The summed E-state index contributed by atoms with van der Waals surface area (Å²) in [5.41, 5.74) is 1.72. The molecule has 1 spiro atoms. The molecule has 2 aliphatic rings. The van der Waals surface area contributed by atoms with Gasteiger partial charge in [-0.2, -0.15) is 0 Å². The summed E-state index contributed by atoms with van der Waals surface area (Å²) in [4.78, 5) is 34.1. The molecule has 8 nitrogen and oxygen atoms in total. The van der Waals surface area contributed by atoms with Gasteiger partial charge in [0, 0.05) is 44.7 Å². The molecule has 1 fully saturated rings. The second-order valence-corrected chi connectivity index (χ2v) is 10.4. The van der Waals surface area contributed by atoms with Gasteiger partial charge in [-0.15, -0.1) is 0 Å². The van der Waals surface area contributed by atoms with E-state index in [2.05, 4.69) is 4.98 Å². The van der Waals surface area contributed by atoms with Gasteiger partial charge in [0.25, 0.3) is 11.8 Å². The number of benzene rings is 2. The van der Waals surface area contributed by atoms with Crippen LogP contribution < -0.4 is 4.74 Å². The fourth-order valence-corrected chi connectivity index (χ4v) is 5.58. The minimum atomic E-state index is -0.970. The molecule has 3 aromatic rings. The van der Waals surface area contributed by atoms with E-state index in [1.165, 1.54) is 0 Å². The molecular formula is C29H33N3O5. The zero-order chi connectivity index (χ0) is 26.0. The number of aliphatic hydroxyl groups excluding tert-OH is 2. The number of aliphatic hydroxyl groups is 2. The first-order chi connectivity index (χ1) is 17.8. The Morgan fingerprint density at radius 2 is 1.78 bits per heavy atom. The minimum absolute atomic E-state index is 0.0729. The third kappa shape index (κ3) is 5.45. The van der Waals surface area contributed by atoms with Crippen LogP contribution in [0.3, 0.4) is 0 Å². The van der Waals surface area contributed by atoms with Crippen molar-refractivity contribution in [3.63, 3.8) is 0 Å². The van der Waals surface area contributed by atoms with Gasteiger partial charge in [-0.1, -0.05) is 36.4 Å². The molecule has 0 saturated carbocycles. The Balaban J connectivity index is 1.33. The summed E-state index contributed by atoms with van der Waals surface area (Å²) in [6.45, 7) is 1.31. The molecule has 1 saturated heterocycles. The molecule has 2 aromatic carbocycles. The number of likely N-dealkylation sites (tertiary alicyclic amines) is 1. The number of carbonyl (C=O) groups excluding carboxylic acids is 2. The molecule has 5 rings (SSSR count). The Hall–Kier alpha value is -3.49. The van der Waals surface area contributed by atoms with E-state index in [1.54, 1.807) is 24.2 Å². The van der Waals surface area contributed by atoms with Gasteiger partial charge in [0.15, 0.2) is 6.61 Å². The van der Waals surface area contributed by atoms with Crippen molar-refractivity contribution in [2.45, 2.75) is 37.9 Å². The number of piperidine rings is 1. The summed E-state index contributed by atoms with van der Waals surface area (Å²) in [6.07, 6.45) is 1.48. The van der Waals surface area contributed by atoms with Crippen LogP contribution in [-0.2, 0) is 11.2 Å². The van der Waals surface area contributed by atoms with E-state index in [0.29, 0.717) is 50.2 Å². The maximum Gasteiger partial charge on any atom is 0.260 e. The standard InChI is InChI=1S/C29H33N3O5/c1-31-19-29(16-25(34)24(33)15-21-7-3-5-9-26(21)37-18-27(31)35)10-12-32(13-11-29)28(36)22-14-20-6-2-4-8-23(20)30-17-22/h2-9,14,17,24-25,33-34H,10-13,15-16,18-19H2,1H3/t24-,25+/m0/s1. The monoisotopic (exact) mass is 503 g/mol. The Bertz CT molecular complexity index is 1290. The lowest BCUT2D eigenvalue weighted by Crippen LogP contribution is -2.51. The van der Waals surface area contributed by atoms with Crippen molar-refractivity contribution in [3.8, 4) is 5.75 Å². The van der Waals surface area contributed by atoms with E-state index >= 15 is 0 Å². The largest absolute Gasteiger partial charge is 0.483 e. The number of para-hydroxylation sites is 2. The molecular weight excluding hydrogens is 470 g/mol. The van der Waals surface area contributed by atoms with Crippen LogP contribution in [0.5, 0.6) is 5.75 Å². The number of carbonyl (C=O) groups is 2. The third-order valence-corrected chi connectivity index (χ3v) is 7.79. The smallest absolute Gasteiger partial charge is 0.260 e. The molecule has 0 aliphatic carbocycles. The van der Waals surface area contributed by atoms with E-state index in [0.717, 1.165) is 16.5 Å². The number of ether oxygens (including phenoxy) is 1. The first kappa shape index (κ1) is 25.2. The number of hydrogen-bond acceptors (Lipinski definition) is 6. The molecule has 2 N–H and O–H groups in total. The van der Waals surface area contributed by atoms with Crippen molar-refractivity contribution in [1.29, 1.82) is 0 Å². The van der Waals surface area contributed by atoms with Gasteiger partial charge in [0.05, 0.1) is 23.3 Å². The van der Waals surface area contributed by atoms with Gasteiger partial charge in [0.1, 0.15) is 5.75 Å². The maximum absolute atomic E-state index is 13.3. The third-order valence-electron chi connectivity index (χ3n) is 7.79. The second kappa shape index (κ2) is 10.5. The van der Waals surface area contributed by atoms with Crippen LogP contribution in [0.25, 0.3) is 10.9 Å². The molecule has 0 unspecified atom stereocenters. The van der Waals surface area contributed by atoms with Crippen molar-refractivity contribution in [2.75, 3.05) is 33.3 Å². The van der Waals surface area contributed by atoms with E-state index in [9.17, 15) is 19.8 Å². The van der Waals surface area contributed by atoms with Crippen LogP contribution in [0.15, 0.2) is 60.8 Å². The fraction of sp³-hybridized carbons (Fsp3) is 0.414. The highest BCUT2D eigenvalue weighted by Gasteiger charge is 2.41. The maximum atomic E-state index is 13.3. The summed E-state index contributed by atoms with van der Waals surface area (Å²) in [6, 6.07) is 16.8. The van der Waals surface area contributed by atoms with Crippen LogP contribution >= 0.6 is 0 Å². The normalized spacial score (nSPS) is 22.6. The van der Waals surface area contributed by atoms with Gasteiger partial charge in [-0.25, -0.2) is 0 Å². The zero-order valence-corrected chi connectivity index (χ0v) is 21.0. The van der Waals surface area contributed by atoms with Gasteiger partial charge in [-0.05, 0) is 48.4 Å². The summed E-state index contributed by atoms with van der Waals surface area (Å²) >= 11 is 0. The Kier molecular flexibility index (Phi) is 7.13. The molecule has 0 radical (unpaired) electrons. The number of likely N-dealkylation sites (N-methyl/N-ethyl adjacent to an activating group) is 1. The lowest BCUT2D eigenvalue weighted by molar-refractivity contribution is -0.135. The molecule has 0 bridgehead atoms. The van der Waals surface area contributed by atoms with Crippen molar-refractivity contribution in [3.05, 3.63) is 71.9 Å². The van der Waals surface area contributed by atoms with E-state index in [-0.39, 0.29) is 24.8 Å². The predicted molar refractivity (Wildman–Crippen MR) is 139 cm³/mol. The average molecular weight is 504 g/mol. The number of pyridine rings is 1. The molecule has 3 heterocycles. The van der Waals surface area contributed by atoms with Crippen LogP contribution in [-0.4, -0.2) is 82.3 Å². The zero-order valence-electron chi connectivity index (χ0n) is 21.0. The summed E-state index contributed by atoms with van der Waals surface area (Å²) in [5.74, 6) is 0.322. The number of rotatable bonds is 1. The van der Waals surface area contributed by atoms with Crippen molar-refractivity contribution >= 4 is 22.7 Å². The van der Waals surface area contributed by atoms with E-state index in [4.69, 9.17) is 4.74 Å². The number of nitrogens with zero attached hydrogens (tertiary/aromatic N) is 3. The minimum Gasteiger partial charge on any atom is -0.483 e. The molecule has 8 heteroatoms. The highest BCUT2D eigenvalue weighted by Crippen LogP contribution is 2.39. The Morgan fingerprint density at radius 3 is 2.59 bits per heavy atom. The first-order valence-corrected chi connectivity index (χ1v) is 12.8. The van der Waals surface area contributed by atoms with E-state index in [1.807, 2.05) is 53.4 Å². The SMILES string of the molecule is CN1CC2(CCN(C(=O)c3cnc4ccccc4c3)CC2)C[C@@H](O)[C@@H](O)Cc2ccccc2OCC1=O. The topological polar surface area (TPSA) is 103 Å². The molecule has 1 aromatic heterocycles. The predicted octanol–water partition coefficient (Wildman–Crippen LogP) is 2.66. The Morgan fingerprint density at radius 1 is 1.05 bits per heavy atom. The first-order valence-electron chi connectivity index (χ1n) is 12.8. The molecule has 194 valence electrons. The molecule has 37 heavy (non-hydrogen) atoms. The summed E-state index contributed by atoms with van der Waals surface area (Å²) in [7, 11) is 1.74. The quantitative estimate of drug-likeness (QED) is 0.529. The van der Waals surface area contributed by atoms with Gasteiger partial charge in [-0.3, -0.25) is 14.6 Å². The lowest BCUT2D eigenvalue weighted by atomic mass is 9.72. The average Bonchev–Trinajstić information content (AvgIpc) is 2.91. The van der Waals surface area contributed by atoms with Crippen molar-refractivity contribution in [1.82, 2.24) is 14.8 Å². The number of hydrogen-bond donors (Lipinski definition) is 2. The van der Waals surface area contributed by atoms with Gasteiger partial charge < -0.3 is 24.7 Å². The van der Waals surface area contributed by atoms with Crippen molar-refractivity contribution < 1.29 is 24.5 Å². The molecule has 2 aliphatic heterocycles. The van der Waals surface area contributed by atoms with Gasteiger partial charge >= 0.3 is 0 Å². The van der Waals surface area contributed by atoms with Crippen LogP contribution in [0.4, 0.5) is 0 Å². The van der Waals surface area contributed by atoms with Gasteiger partial charge in [0.2, 0.25) is 0 Å². The van der Waals surface area contributed by atoms with Crippen LogP contribution in [0, 0.1) is 5.41 Å².